The minimum Gasteiger partial charge on any atom is -0.355 e. The lowest BCUT2D eigenvalue weighted by molar-refractivity contribution is 0.0963. The topological polar surface area (TPSA) is 46.2 Å². The Bertz CT molecular complexity index is 416. The maximum absolute atomic E-state index is 11.4. The van der Waals surface area contributed by atoms with Crippen LogP contribution in [0.1, 0.15) is 47.1 Å². The van der Waals surface area contributed by atoms with E-state index in [-0.39, 0.29) is 11.3 Å². The zero-order valence-corrected chi connectivity index (χ0v) is 10.1. The molecule has 1 amide bonds. The van der Waals surface area contributed by atoms with Crippen LogP contribution in [0.5, 0.6) is 0 Å². The number of hydrogen-bond donors (Lipinski definition) is 1. The molecule has 0 aliphatic rings. The molecule has 1 aromatic carbocycles. The average Bonchev–Trinajstić information content (AvgIpc) is 2.25. The van der Waals surface area contributed by atoms with Crippen molar-refractivity contribution in [2.45, 2.75) is 26.2 Å². The molecular weight excluding hydrogens is 202 g/mol. The third-order valence-corrected chi connectivity index (χ3v) is 2.48. The van der Waals surface area contributed by atoms with Crippen LogP contribution in [0.3, 0.4) is 0 Å². The van der Waals surface area contributed by atoms with Crippen LogP contribution in [0.15, 0.2) is 18.2 Å². The molecule has 86 valence electrons. The molecule has 0 saturated heterocycles. The Morgan fingerprint density at radius 1 is 1.31 bits per heavy atom. The largest absolute Gasteiger partial charge is 0.355 e. The van der Waals surface area contributed by atoms with E-state index < -0.39 is 0 Å². The first-order valence-electron chi connectivity index (χ1n) is 5.22. The van der Waals surface area contributed by atoms with Gasteiger partial charge in [-0.3, -0.25) is 9.59 Å². The second-order valence-electron chi connectivity index (χ2n) is 4.75. The van der Waals surface area contributed by atoms with Gasteiger partial charge in [-0.05, 0) is 23.1 Å². The maximum Gasteiger partial charge on any atom is 0.251 e. The number of carbonyl (C=O) groups excluding carboxylic acids is 2. The number of amides is 1. The molecule has 0 bridgehead atoms. The summed E-state index contributed by atoms with van der Waals surface area (Å²) in [4.78, 5) is 22.4. The predicted octanol–water partition coefficient (Wildman–Crippen LogP) is 2.16. The Kier molecular flexibility index (Phi) is 3.48. The second kappa shape index (κ2) is 4.47. The van der Waals surface area contributed by atoms with Gasteiger partial charge in [-0.25, -0.2) is 0 Å². The predicted molar refractivity (Wildman–Crippen MR) is 63.9 cm³/mol. The van der Waals surface area contributed by atoms with Crippen molar-refractivity contribution in [1.82, 2.24) is 5.32 Å². The molecule has 0 fully saturated rings. The molecule has 0 atom stereocenters. The molecule has 0 radical (unpaired) electrons. The summed E-state index contributed by atoms with van der Waals surface area (Å²) in [5.41, 5.74) is 1.94. The highest BCUT2D eigenvalue weighted by atomic mass is 16.1. The Hall–Kier alpha value is -1.64. The second-order valence-corrected chi connectivity index (χ2v) is 4.75. The highest BCUT2D eigenvalue weighted by molar-refractivity contribution is 5.96. The Morgan fingerprint density at radius 2 is 1.94 bits per heavy atom. The quantitative estimate of drug-likeness (QED) is 0.775. The van der Waals surface area contributed by atoms with Crippen LogP contribution in [0.4, 0.5) is 0 Å². The Morgan fingerprint density at radius 3 is 2.38 bits per heavy atom. The zero-order chi connectivity index (χ0) is 12.3. The average molecular weight is 219 g/mol. The lowest BCUT2D eigenvalue weighted by atomic mass is 9.83. The highest BCUT2D eigenvalue weighted by Crippen LogP contribution is 2.25. The summed E-state index contributed by atoms with van der Waals surface area (Å²) in [5.74, 6) is -0.177. The lowest BCUT2D eigenvalue weighted by Crippen LogP contribution is -2.20. The smallest absolute Gasteiger partial charge is 0.251 e. The van der Waals surface area contributed by atoms with Gasteiger partial charge < -0.3 is 5.32 Å². The van der Waals surface area contributed by atoms with Gasteiger partial charge in [0.05, 0.1) is 0 Å². The zero-order valence-electron chi connectivity index (χ0n) is 10.1. The van der Waals surface area contributed by atoms with Crippen molar-refractivity contribution in [3.63, 3.8) is 0 Å². The molecule has 0 aliphatic carbocycles. The number of carbonyl (C=O) groups is 2. The molecule has 0 aliphatic heterocycles. The van der Waals surface area contributed by atoms with Gasteiger partial charge in [0.15, 0.2) is 0 Å². The summed E-state index contributed by atoms with van der Waals surface area (Å²) in [6.45, 7) is 6.11. The van der Waals surface area contributed by atoms with Crippen molar-refractivity contribution < 1.29 is 9.59 Å². The van der Waals surface area contributed by atoms with E-state index in [4.69, 9.17) is 0 Å². The molecule has 0 saturated carbocycles. The van der Waals surface area contributed by atoms with Crippen molar-refractivity contribution in [2.24, 2.45) is 0 Å². The molecule has 3 heteroatoms. The first-order chi connectivity index (χ1) is 7.40. The van der Waals surface area contributed by atoms with Crippen LogP contribution in [-0.4, -0.2) is 19.2 Å². The first-order valence-corrected chi connectivity index (χ1v) is 5.22. The van der Waals surface area contributed by atoms with Crippen LogP contribution >= 0.6 is 0 Å². The Balaban J connectivity index is 3.28. The van der Waals surface area contributed by atoms with Crippen molar-refractivity contribution in [2.75, 3.05) is 7.05 Å². The van der Waals surface area contributed by atoms with Crippen LogP contribution in [0.2, 0.25) is 0 Å². The van der Waals surface area contributed by atoms with Crippen molar-refractivity contribution >= 4 is 12.2 Å². The minimum atomic E-state index is -0.177. The molecule has 1 rings (SSSR count). The van der Waals surface area contributed by atoms with E-state index in [1.165, 1.54) is 0 Å². The van der Waals surface area contributed by atoms with E-state index in [1.807, 2.05) is 26.8 Å². The number of rotatable bonds is 2. The fraction of sp³-hybridized carbons (Fsp3) is 0.385. The molecular formula is C13H17NO2. The van der Waals surface area contributed by atoms with Gasteiger partial charge in [0.25, 0.3) is 5.91 Å². The Labute approximate surface area is 95.9 Å². The summed E-state index contributed by atoms with van der Waals surface area (Å²) in [6, 6.07) is 5.22. The molecule has 1 aromatic rings. The first kappa shape index (κ1) is 12.4. The van der Waals surface area contributed by atoms with Crippen molar-refractivity contribution in [3.8, 4) is 0 Å². The van der Waals surface area contributed by atoms with Crippen LogP contribution in [0, 0.1) is 0 Å². The van der Waals surface area contributed by atoms with Gasteiger partial charge in [0.2, 0.25) is 0 Å². The van der Waals surface area contributed by atoms with Gasteiger partial charge in [-0.15, -0.1) is 0 Å². The third kappa shape index (κ3) is 2.48. The molecule has 3 nitrogen and oxygen atoms in total. The van der Waals surface area contributed by atoms with Crippen molar-refractivity contribution in [1.29, 1.82) is 0 Å². The van der Waals surface area contributed by atoms with Crippen LogP contribution in [0.25, 0.3) is 0 Å². The molecule has 0 unspecified atom stereocenters. The summed E-state index contributed by atoms with van der Waals surface area (Å²) < 4.78 is 0. The third-order valence-electron chi connectivity index (χ3n) is 2.48. The normalized spacial score (nSPS) is 11.0. The SMILES string of the molecule is CNC(=O)c1ccc(C(C)(C)C)c(C=O)c1. The number of hydrogen-bond acceptors (Lipinski definition) is 2. The van der Waals surface area contributed by atoms with Gasteiger partial charge in [0, 0.05) is 18.2 Å². The standard InChI is InChI=1S/C13H17NO2/c1-13(2,3)11-6-5-9(12(16)14-4)7-10(11)8-15/h5-8H,1-4H3,(H,14,16). The molecule has 0 aromatic heterocycles. The molecule has 0 heterocycles. The van der Waals surface area contributed by atoms with E-state index in [9.17, 15) is 9.59 Å². The fourth-order valence-electron chi connectivity index (χ4n) is 1.63. The molecule has 0 spiro atoms. The van der Waals surface area contributed by atoms with Gasteiger partial charge in [-0.2, -0.15) is 0 Å². The fourth-order valence-corrected chi connectivity index (χ4v) is 1.63. The van der Waals surface area contributed by atoms with E-state index >= 15 is 0 Å². The molecule has 1 N–H and O–H groups in total. The summed E-state index contributed by atoms with van der Waals surface area (Å²) in [5, 5.41) is 2.54. The van der Waals surface area contributed by atoms with Gasteiger partial charge in [-0.1, -0.05) is 26.8 Å². The van der Waals surface area contributed by atoms with Gasteiger partial charge in [0.1, 0.15) is 6.29 Å². The lowest BCUT2D eigenvalue weighted by Gasteiger charge is -2.21. The summed E-state index contributed by atoms with van der Waals surface area (Å²) in [7, 11) is 1.57. The van der Waals surface area contributed by atoms with E-state index in [1.54, 1.807) is 19.2 Å². The van der Waals surface area contributed by atoms with Crippen LogP contribution in [-0.2, 0) is 5.41 Å². The minimum absolute atomic E-state index is 0.0997. The number of benzene rings is 1. The van der Waals surface area contributed by atoms with E-state index in [2.05, 4.69) is 5.32 Å². The summed E-state index contributed by atoms with van der Waals surface area (Å²) in [6.07, 6.45) is 0.799. The van der Waals surface area contributed by atoms with Crippen LogP contribution < -0.4 is 5.32 Å². The monoisotopic (exact) mass is 219 g/mol. The maximum atomic E-state index is 11.4. The van der Waals surface area contributed by atoms with Crippen molar-refractivity contribution in [3.05, 3.63) is 34.9 Å². The van der Waals surface area contributed by atoms with Gasteiger partial charge >= 0.3 is 0 Å². The number of nitrogens with one attached hydrogen (secondary N) is 1. The van der Waals surface area contributed by atoms with E-state index in [0.29, 0.717) is 11.1 Å². The van der Waals surface area contributed by atoms with E-state index in [0.717, 1.165) is 11.8 Å². The highest BCUT2D eigenvalue weighted by Gasteiger charge is 2.18. The number of aldehydes is 1. The summed E-state index contributed by atoms with van der Waals surface area (Å²) >= 11 is 0. The molecule has 16 heavy (non-hydrogen) atoms.